The Hall–Kier alpha value is -0.680. The van der Waals surface area contributed by atoms with Gasteiger partial charge in [0, 0.05) is 6.54 Å². The molecule has 0 saturated carbocycles. The maximum atomic E-state index is 11.2. The summed E-state index contributed by atoms with van der Waals surface area (Å²) in [6.45, 7) is 0.211. The van der Waals surface area contributed by atoms with Crippen molar-refractivity contribution >= 4 is 36.1 Å². The molecule has 1 aliphatic heterocycles. The first-order chi connectivity index (χ1) is 6.06. The maximum absolute atomic E-state index is 11.2. The Labute approximate surface area is 85.6 Å². The van der Waals surface area contributed by atoms with Gasteiger partial charge in [-0.05, 0) is 6.08 Å². The van der Waals surface area contributed by atoms with E-state index in [1.807, 2.05) is 0 Å². The second kappa shape index (κ2) is 4.02. The summed E-state index contributed by atoms with van der Waals surface area (Å²) in [6, 6.07) is 0. The molecule has 4 nitrogen and oxygen atoms in total. The molecule has 0 spiro atoms. The Morgan fingerprint density at radius 2 is 2.38 bits per heavy atom. The van der Waals surface area contributed by atoms with Crippen molar-refractivity contribution in [1.82, 2.24) is 4.90 Å². The van der Waals surface area contributed by atoms with Crippen LogP contribution >= 0.6 is 24.2 Å². The van der Waals surface area contributed by atoms with Gasteiger partial charge in [-0.3, -0.25) is 4.79 Å². The molecule has 0 bridgehead atoms. The Bertz CT molecular complexity index is 279. The molecule has 0 fully saturated rings. The quantitative estimate of drug-likeness (QED) is 0.522. The number of rotatable bonds is 2. The van der Waals surface area contributed by atoms with E-state index in [-0.39, 0.29) is 23.9 Å². The third-order valence-corrected chi connectivity index (χ3v) is 2.18. The van der Waals surface area contributed by atoms with E-state index in [9.17, 15) is 9.59 Å². The van der Waals surface area contributed by atoms with Gasteiger partial charge < -0.3 is 10.0 Å². The normalized spacial score (nSPS) is 21.5. The van der Waals surface area contributed by atoms with Crippen LogP contribution < -0.4 is 0 Å². The van der Waals surface area contributed by atoms with Crippen LogP contribution in [0.25, 0.3) is 0 Å². The third-order valence-electron chi connectivity index (χ3n) is 1.64. The molecular formula is C7H8ClNO3S. The first-order valence-electron chi connectivity index (χ1n) is 3.56. The highest BCUT2D eigenvalue weighted by atomic mass is 35.5. The zero-order chi connectivity index (χ0) is 10.0. The standard InChI is InChI=1S/C7H8ClNO3S/c8-4-1-5(7(11)12)9(2-4)6(10)3-13/h1,4,13H,2-3H2,(H,11,12). The van der Waals surface area contributed by atoms with Crippen LogP contribution in [-0.2, 0) is 9.59 Å². The molecular weight excluding hydrogens is 214 g/mol. The zero-order valence-corrected chi connectivity index (χ0v) is 8.26. The van der Waals surface area contributed by atoms with Crippen molar-refractivity contribution in [2.24, 2.45) is 0 Å². The number of hydrogen-bond donors (Lipinski definition) is 2. The topological polar surface area (TPSA) is 57.6 Å². The lowest BCUT2D eigenvalue weighted by atomic mass is 10.4. The Balaban J connectivity index is 2.83. The molecule has 0 aromatic carbocycles. The molecule has 1 heterocycles. The monoisotopic (exact) mass is 221 g/mol. The second-order valence-electron chi connectivity index (χ2n) is 2.54. The maximum Gasteiger partial charge on any atom is 0.352 e. The summed E-state index contributed by atoms with van der Waals surface area (Å²) in [4.78, 5) is 22.9. The van der Waals surface area contributed by atoms with E-state index in [2.05, 4.69) is 12.6 Å². The Morgan fingerprint density at radius 1 is 1.77 bits per heavy atom. The van der Waals surface area contributed by atoms with Crippen molar-refractivity contribution in [2.45, 2.75) is 5.38 Å². The summed E-state index contributed by atoms with van der Waals surface area (Å²) in [7, 11) is 0. The number of halogens is 1. The first-order valence-corrected chi connectivity index (χ1v) is 4.63. The summed E-state index contributed by atoms with van der Waals surface area (Å²) < 4.78 is 0. The SMILES string of the molecule is O=C(O)C1=CC(Cl)CN1C(=O)CS. The lowest BCUT2D eigenvalue weighted by Crippen LogP contribution is -2.33. The number of hydrogen-bond acceptors (Lipinski definition) is 3. The van der Waals surface area contributed by atoms with Crippen molar-refractivity contribution in [2.75, 3.05) is 12.3 Å². The minimum atomic E-state index is -1.14. The lowest BCUT2D eigenvalue weighted by Gasteiger charge is -2.16. The minimum absolute atomic E-state index is 0.0196. The summed E-state index contributed by atoms with van der Waals surface area (Å²) in [5.41, 5.74) is -0.0564. The van der Waals surface area contributed by atoms with Gasteiger partial charge >= 0.3 is 5.97 Å². The van der Waals surface area contributed by atoms with Crippen molar-refractivity contribution in [3.05, 3.63) is 11.8 Å². The molecule has 72 valence electrons. The number of alkyl halides is 1. The average molecular weight is 222 g/mol. The van der Waals surface area contributed by atoms with Gasteiger partial charge in [0.1, 0.15) is 5.70 Å². The van der Waals surface area contributed by atoms with Gasteiger partial charge in [-0.2, -0.15) is 12.6 Å². The molecule has 1 unspecified atom stereocenters. The second-order valence-corrected chi connectivity index (χ2v) is 3.41. The molecule has 1 atom stereocenters. The highest BCUT2D eigenvalue weighted by Gasteiger charge is 2.30. The largest absolute Gasteiger partial charge is 0.477 e. The van der Waals surface area contributed by atoms with Crippen molar-refractivity contribution in [3.63, 3.8) is 0 Å². The molecule has 6 heteroatoms. The van der Waals surface area contributed by atoms with Crippen molar-refractivity contribution < 1.29 is 14.7 Å². The van der Waals surface area contributed by atoms with Gasteiger partial charge in [0.15, 0.2) is 0 Å². The fourth-order valence-corrected chi connectivity index (χ4v) is 1.52. The molecule has 1 N–H and O–H groups in total. The molecule has 0 aromatic rings. The third kappa shape index (κ3) is 2.16. The number of thiol groups is 1. The number of carbonyl (C=O) groups excluding carboxylic acids is 1. The molecule has 13 heavy (non-hydrogen) atoms. The summed E-state index contributed by atoms with van der Waals surface area (Å²) in [6.07, 6.45) is 1.35. The molecule has 1 rings (SSSR count). The molecule has 1 aliphatic rings. The zero-order valence-electron chi connectivity index (χ0n) is 6.61. The fourth-order valence-electron chi connectivity index (χ4n) is 1.09. The average Bonchev–Trinajstić information content (AvgIpc) is 2.46. The summed E-state index contributed by atoms with van der Waals surface area (Å²) >= 11 is 9.46. The predicted octanol–water partition coefficient (Wildman–Crippen LogP) is 0.334. The van der Waals surface area contributed by atoms with Gasteiger partial charge in [-0.25, -0.2) is 4.79 Å². The number of carbonyl (C=O) groups is 2. The van der Waals surface area contributed by atoms with Crippen LogP contribution in [0.2, 0.25) is 0 Å². The number of aliphatic carboxylic acids is 1. The predicted molar refractivity (Wildman–Crippen MR) is 50.9 cm³/mol. The van der Waals surface area contributed by atoms with Gasteiger partial charge in [-0.15, -0.1) is 11.6 Å². The Kier molecular flexibility index (Phi) is 3.22. The van der Waals surface area contributed by atoms with E-state index in [4.69, 9.17) is 16.7 Å². The smallest absolute Gasteiger partial charge is 0.352 e. The Morgan fingerprint density at radius 3 is 2.85 bits per heavy atom. The number of nitrogens with zero attached hydrogens (tertiary/aromatic N) is 1. The summed E-state index contributed by atoms with van der Waals surface area (Å²) in [5.74, 6) is -1.51. The fraction of sp³-hybridized carbons (Fsp3) is 0.429. The van der Waals surface area contributed by atoms with Crippen LogP contribution in [-0.4, -0.2) is 39.6 Å². The van der Waals surface area contributed by atoms with Gasteiger partial charge in [0.05, 0.1) is 11.1 Å². The molecule has 1 amide bonds. The molecule has 0 aliphatic carbocycles. The number of carboxylic acids is 1. The van der Waals surface area contributed by atoms with E-state index >= 15 is 0 Å². The van der Waals surface area contributed by atoms with E-state index < -0.39 is 11.3 Å². The van der Waals surface area contributed by atoms with E-state index in [0.717, 1.165) is 4.90 Å². The van der Waals surface area contributed by atoms with Gasteiger partial charge in [0.25, 0.3) is 0 Å². The van der Waals surface area contributed by atoms with E-state index in [0.29, 0.717) is 0 Å². The minimum Gasteiger partial charge on any atom is -0.477 e. The molecule has 0 saturated heterocycles. The van der Waals surface area contributed by atoms with Crippen LogP contribution in [0.15, 0.2) is 11.8 Å². The number of amides is 1. The van der Waals surface area contributed by atoms with Crippen LogP contribution in [0.5, 0.6) is 0 Å². The molecule has 0 radical (unpaired) electrons. The van der Waals surface area contributed by atoms with Gasteiger partial charge in [-0.1, -0.05) is 0 Å². The van der Waals surface area contributed by atoms with Crippen LogP contribution in [0.4, 0.5) is 0 Å². The molecule has 0 aromatic heterocycles. The lowest BCUT2D eigenvalue weighted by molar-refractivity contribution is -0.138. The van der Waals surface area contributed by atoms with Crippen molar-refractivity contribution in [3.8, 4) is 0 Å². The van der Waals surface area contributed by atoms with Crippen LogP contribution in [0, 0.1) is 0 Å². The van der Waals surface area contributed by atoms with Crippen LogP contribution in [0.1, 0.15) is 0 Å². The highest BCUT2D eigenvalue weighted by Crippen LogP contribution is 2.19. The van der Waals surface area contributed by atoms with Crippen LogP contribution in [0.3, 0.4) is 0 Å². The first kappa shape index (κ1) is 10.4. The van der Waals surface area contributed by atoms with Crippen molar-refractivity contribution in [1.29, 1.82) is 0 Å². The summed E-state index contributed by atoms with van der Waals surface area (Å²) in [5, 5.41) is 8.28. The van der Waals surface area contributed by atoms with E-state index in [1.54, 1.807) is 0 Å². The van der Waals surface area contributed by atoms with E-state index in [1.165, 1.54) is 6.08 Å². The van der Waals surface area contributed by atoms with Gasteiger partial charge in [0.2, 0.25) is 5.91 Å². The highest BCUT2D eigenvalue weighted by molar-refractivity contribution is 7.81. The number of carboxylic acid groups (broad SMARTS) is 1.